The van der Waals surface area contributed by atoms with Gasteiger partial charge >= 0.3 is 0 Å². The summed E-state index contributed by atoms with van der Waals surface area (Å²) in [4.78, 5) is 24.4. The Morgan fingerprint density at radius 1 is 0.963 bits per heavy atom. The van der Waals surface area contributed by atoms with Crippen molar-refractivity contribution in [1.82, 2.24) is 10.6 Å². The maximum Gasteiger partial charge on any atom is 0.255 e. The van der Waals surface area contributed by atoms with Crippen LogP contribution in [0.1, 0.15) is 40.0 Å². The summed E-state index contributed by atoms with van der Waals surface area (Å²) in [5.41, 5.74) is 1.87. The fourth-order valence-electron chi connectivity index (χ4n) is 3.16. The molecule has 1 atom stereocenters. The molecule has 1 heterocycles. The SMILES string of the molecule is Cl.O=C(NCCC1CCCNC1)c1ccc(NC(=O)c2ccccc2)cc1. The van der Waals surface area contributed by atoms with Crippen molar-refractivity contribution < 1.29 is 9.59 Å². The Hall–Kier alpha value is -2.37. The van der Waals surface area contributed by atoms with Crippen molar-refractivity contribution in [3.05, 3.63) is 65.7 Å². The lowest BCUT2D eigenvalue weighted by atomic mass is 9.96. The number of halogens is 1. The molecule has 3 rings (SSSR count). The Bertz CT molecular complexity index is 729. The predicted molar refractivity (Wildman–Crippen MR) is 111 cm³/mol. The number of anilines is 1. The van der Waals surface area contributed by atoms with E-state index in [4.69, 9.17) is 0 Å². The van der Waals surface area contributed by atoms with Crippen LogP contribution in [0.15, 0.2) is 54.6 Å². The van der Waals surface area contributed by atoms with Crippen LogP contribution in [0.25, 0.3) is 0 Å². The Kier molecular flexibility index (Phi) is 8.30. The van der Waals surface area contributed by atoms with Gasteiger partial charge in [0.05, 0.1) is 0 Å². The highest BCUT2D eigenvalue weighted by Gasteiger charge is 2.13. The molecule has 2 amide bonds. The molecule has 0 bridgehead atoms. The third-order valence-electron chi connectivity index (χ3n) is 4.68. The first-order valence-electron chi connectivity index (χ1n) is 9.18. The predicted octanol–water partition coefficient (Wildman–Crippen LogP) is 3.48. The monoisotopic (exact) mass is 387 g/mol. The fraction of sp³-hybridized carbons (Fsp3) is 0.333. The van der Waals surface area contributed by atoms with Gasteiger partial charge in [-0.05, 0) is 74.7 Å². The molecule has 2 aromatic carbocycles. The van der Waals surface area contributed by atoms with Gasteiger partial charge in [-0.3, -0.25) is 9.59 Å². The number of rotatable bonds is 6. The lowest BCUT2D eigenvalue weighted by Crippen LogP contribution is -2.33. The number of carbonyl (C=O) groups excluding carboxylic acids is 2. The van der Waals surface area contributed by atoms with E-state index in [0.717, 1.165) is 19.5 Å². The zero-order valence-electron chi connectivity index (χ0n) is 15.2. The highest BCUT2D eigenvalue weighted by Crippen LogP contribution is 2.14. The van der Waals surface area contributed by atoms with Crippen LogP contribution in [0.4, 0.5) is 5.69 Å². The molecule has 1 saturated heterocycles. The van der Waals surface area contributed by atoms with Crippen LogP contribution in [0, 0.1) is 5.92 Å². The molecule has 0 radical (unpaired) electrons. The minimum Gasteiger partial charge on any atom is -0.352 e. The Morgan fingerprint density at radius 2 is 1.67 bits per heavy atom. The summed E-state index contributed by atoms with van der Waals surface area (Å²) in [5.74, 6) is 0.415. The number of carbonyl (C=O) groups is 2. The highest BCUT2D eigenvalue weighted by atomic mass is 35.5. The number of hydrogen-bond donors (Lipinski definition) is 3. The van der Waals surface area contributed by atoms with Crippen molar-refractivity contribution in [2.75, 3.05) is 25.0 Å². The molecule has 0 spiro atoms. The molecule has 27 heavy (non-hydrogen) atoms. The van der Waals surface area contributed by atoms with Crippen LogP contribution in [-0.2, 0) is 0 Å². The summed E-state index contributed by atoms with van der Waals surface area (Å²) < 4.78 is 0. The van der Waals surface area contributed by atoms with Crippen LogP contribution < -0.4 is 16.0 Å². The smallest absolute Gasteiger partial charge is 0.255 e. The average molecular weight is 388 g/mol. The molecule has 0 aromatic heterocycles. The molecule has 1 aliphatic heterocycles. The van der Waals surface area contributed by atoms with Gasteiger partial charge in [-0.2, -0.15) is 0 Å². The van der Waals surface area contributed by atoms with Gasteiger partial charge in [-0.1, -0.05) is 18.2 Å². The van der Waals surface area contributed by atoms with Crippen LogP contribution in [0.5, 0.6) is 0 Å². The van der Waals surface area contributed by atoms with Gasteiger partial charge in [0, 0.05) is 23.4 Å². The van der Waals surface area contributed by atoms with E-state index >= 15 is 0 Å². The molecule has 1 fully saturated rings. The lowest BCUT2D eigenvalue weighted by molar-refractivity contribution is 0.0950. The zero-order valence-corrected chi connectivity index (χ0v) is 16.1. The molecule has 5 nitrogen and oxygen atoms in total. The van der Waals surface area contributed by atoms with Crippen LogP contribution in [0.3, 0.4) is 0 Å². The van der Waals surface area contributed by atoms with E-state index in [0.29, 0.717) is 29.3 Å². The topological polar surface area (TPSA) is 70.2 Å². The fourth-order valence-corrected chi connectivity index (χ4v) is 3.16. The van der Waals surface area contributed by atoms with Crippen LogP contribution in [-0.4, -0.2) is 31.4 Å². The third-order valence-corrected chi connectivity index (χ3v) is 4.68. The first-order chi connectivity index (χ1) is 12.7. The molecule has 144 valence electrons. The molecule has 0 saturated carbocycles. The van der Waals surface area contributed by atoms with E-state index in [2.05, 4.69) is 16.0 Å². The molecule has 6 heteroatoms. The molecule has 0 aliphatic carbocycles. The van der Waals surface area contributed by atoms with Crippen molar-refractivity contribution in [2.45, 2.75) is 19.3 Å². The standard InChI is InChI=1S/C21H25N3O2.ClH/c25-20(23-14-12-16-5-4-13-22-15-16)18-8-10-19(11-9-18)24-21(26)17-6-2-1-3-7-17;/h1-3,6-11,16,22H,4-5,12-15H2,(H,23,25)(H,24,26);1H. The van der Waals surface area contributed by atoms with Crippen molar-refractivity contribution in [3.8, 4) is 0 Å². The maximum absolute atomic E-state index is 12.2. The van der Waals surface area contributed by atoms with E-state index in [1.165, 1.54) is 12.8 Å². The molecule has 1 aliphatic rings. The zero-order chi connectivity index (χ0) is 18.2. The number of benzene rings is 2. The van der Waals surface area contributed by atoms with Gasteiger partial charge in [-0.25, -0.2) is 0 Å². The second-order valence-corrected chi connectivity index (χ2v) is 6.65. The summed E-state index contributed by atoms with van der Waals surface area (Å²) >= 11 is 0. The van der Waals surface area contributed by atoms with E-state index in [-0.39, 0.29) is 24.2 Å². The van der Waals surface area contributed by atoms with Gasteiger partial charge in [-0.15, -0.1) is 12.4 Å². The normalized spacial score (nSPS) is 16.1. The minimum absolute atomic E-state index is 0. The van der Waals surface area contributed by atoms with Crippen molar-refractivity contribution in [2.24, 2.45) is 5.92 Å². The second-order valence-electron chi connectivity index (χ2n) is 6.65. The first-order valence-corrected chi connectivity index (χ1v) is 9.18. The average Bonchev–Trinajstić information content (AvgIpc) is 2.70. The Morgan fingerprint density at radius 3 is 2.33 bits per heavy atom. The molecule has 3 N–H and O–H groups in total. The summed E-state index contributed by atoms with van der Waals surface area (Å²) in [5, 5.41) is 9.20. The number of nitrogens with one attached hydrogen (secondary N) is 3. The highest BCUT2D eigenvalue weighted by molar-refractivity contribution is 6.04. The summed E-state index contributed by atoms with van der Waals surface area (Å²) in [6.45, 7) is 2.85. The first kappa shape index (κ1) is 20.9. The van der Waals surface area contributed by atoms with E-state index < -0.39 is 0 Å². The van der Waals surface area contributed by atoms with Gasteiger partial charge in [0.25, 0.3) is 11.8 Å². The van der Waals surface area contributed by atoms with E-state index in [1.54, 1.807) is 36.4 Å². The minimum atomic E-state index is -0.163. The molecular formula is C21H26ClN3O2. The van der Waals surface area contributed by atoms with E-state index in [9.17, 15) is 9.59 Å². The number of amides is 2. The largest absolute Gasteiger partial charge is 0.352 e. The Balaban J connectivity index is 0.00000261. The summed E-state index contributed by atoms with van der Waals surface area (Å²) in [7, 11) is 0. The second kappa shape index (κ2) is 10.7. The quantitative estimate of drug-likeness (QED) is 0.710. The molecular weight excluding hydrogens is 362 g/mol. The van der Waals surface area contributed by atoms with Gasteiger partial charge in [0.2, 0.25) is 0 Å². The van der Waals surface area contributed by atoms with E-state index in [1.807, 2.05) is 18.2 Å². The summed E-state index contributed by atoms with van der Waals surface area (Å²) in [6.07, 6.45) is 3.46. The van der Waals surface area contributed by atoms with Gasteiger partial charge < -0.3 is 16.0 Å². The Labute approximate surface area is 166 Å². The molecule has 2 aromatic rings. The number of hydrogen-bond acceptors (Lipinski definition) is 3. The summed E-state index contributed by atoms with van der Waals surface area (Å²) in [6, 6.07) is 16.0. The molecule has 1 unspecified atom stereocenters. The van der Waals surface area contributed by atoms with Crippen molar-refractivity contribution >= 4 is 29.9 Å². The van der Waals surface area contributed by atoms with Gasteiger partial charge in [0.1, 0.15) is 0 Å². The van der Waals surface area contributed by atoms with Crippen molar-refractivity contribution in [1.29, 1.82) is 0 Å². The van der Waals surface area contributed by atoms with Gasteiger partial charge in [0.15, 0.2) is 0 Å². The lowest BCUT2D eigenvalue weighted by Gasteiger charge is -2.22. The van der Waals surface area contributed by atoms with Crippen molar-refractivity contribution in [3.63, 3.8) is 0 Å². The third kappa shape index (κ3) is 6.38. The van der Waals surface area contributed by atoms with Crippen LogP contribution in [0.2, 0.25) is 0 Å². The number of piperidine rings is 1. The van der Waals surface area contributed by atoms with Crippen LogP contribution >= 0.6 is 12.4 Å². The maximum atomic E-state index is 12.2.